The largest absolute Gasteiger partial charge is 0.424 e. The fraction of sp³-hybridized carbons (Fsp3) is 0.261. The van der Waals surface area contributed by atoms with Crippen LogP contribution in [0.15, 0.2) is 53.5 Å². The summed E-state index contributed by atoms with van der Waals surface area (Å²) in [6, 6.07) is 13.4. The van der Waals surface area contributed by atoms with E-state index in [9.17, 15) is 19.2 Å². The van der Waals surface area contributed by atoms with Crippen LogP contribution in [0.5, 0.6) is 5.75 Å². The average Bonchev–Trinajstić information content (AvgIpc) is 3.03. The van der Waals surface area contributed by atoms with Gasteiger partial charge in [0.1, 0.15) is 5.25 Å². The summed E-state index contributed by atoms with van der Waals surface area (Å²) in [4.78, 5) is 54.2. The first-order valence-electron chi connectivity index (χ1n) is 10.0. The van der Waals surface area contributed by atoms with Crippen molar-refractivity contribution in [3.8, 4) is 5.75 Å². The standard InChI is InChI=1S/C23H23N3O5S/c1-4-26-22(30)20(32-23(26)24-17-11-9-16(10-12-17)14(2)27)13-21(29)25-18-7-5-6-8-19(18)31-15(3)28/h5-12,20H,4,13H2,1-3H3,(H,25,29). The van der Waals surface area contributed by atoms with E-state index in [1.165, 1.54) is 30.5 Å². The van der Waals surface area contributed by atoms with Crippen LogP contribution < -0.4 is 10.1 Å². The predicted molar refractivity (Wildman–Crippen MR) is 123 cm³/mol. The minimum atomic E-state index is -0.619. The van der Waals surface area contributed by atoms with Crippen LogP contribution in [0.2, 0.25) is 0 Å². The Hall–Kier alpha value is -3.46. The Labute approximate surface area is 190 Å². The van der Waals surface area contributed by atoms with Crippen molar-refractivity contribution in [1.82, 2.24) is 4.90 Å². The molecule has 2 aromatic carbocycles. The highest BCUT2D eigenvalue weighted by molar-refractivity contribution is 8.15. The van der Waals surface area contributed by atoms with E-state index in [1.807, 2.05) is 6.92 Å². The zero-order valence-corrected chi connectivity index (χ0v) is 18.8. The summed E-state index contributed by atoms with van der Waals surface area (Å²) in [6.45, 7) is 5.03. The van der Waals surface area contributed by atoms with Crippen molar-refractivity contribution in [3.63, 3.8) is 0 Å². The second kappa shape index (κ2) is 10.2. The van der Waals surface area contributed by atoms with E-state index >= 15 is 0 Å². The molecule has 2 aromatic rings. The molecule has 1 fully saturated rings. The number of esters is 1. The number of amidine groups is 1. The molecule has 3 rings (SSSR count). The van der Waals surface area contributed by atoms with Gasteiger partial charge in [-0.2, -0.15) is 0 Å². The number of aliphatic imine (C=N–C) groups is 1. The fourth-order valence-corrected chi connectivity index (χ4v) is 4.30. The number of nitrogens with zero attached hydrogens (tertiary/aromatic N) is 2. The van der Waals surface area contributed by atoms with Crippen molar-refractivity contribution in [3.05, 3.63) is 54.1 Å². The van der Waals surface area contributed by atoms with Gasteiger partial charge in [0, 0.05) is 25.5 Å². The lowest BCUT2D eigenvalue weighted by Gasteiger charge is -2.13. The Kier molecular flexibility index (Phi) is 7.42. The monoisotopic (exact) mass is 453 g/mol. The van der Waals surface area contributed by atoms with Crippen molar-refractivity contribution in [2.45, 2.75) is 32.4 Å². The molecule has 0 aromatic heterocycles. The van der Waals surface area contributed by atoms with Gasteiger partial charge >= 0.3 is 5.97 Å². The van der Waals surface area contributed by atoms with E-state index in [4.69, 9.17) is 4.74 Å². The number of carbonyl (C=O) groups excluding carboxylic acids is 4. The number of rotatable bonds is 7. The van der Waals surface area contributed by atoms with Crippen molar-refractivity contribution in [2.75, 3.05) is 11.9 Å². The summed E-state index contributed by atoms with van der Waals surface area (Å²) in [7, 11) is 0. The molecule has 0 saturated carbocycles. The zero-order chi connectivity index (χ0) is 23.3. The van der Waals surface area contributed by atoms with E-state index in [0.29, 0.717) is 28.7 Å². The zero-order valence-electron chi connectivity index (χ0n) is 18.0. The number of thioether (sulfide) groups is 1. The molecule has 0 spiro atoms. The van der Waals surface area contributed by atoms with Gasteiger partial charge in [-0.25, -0.2) is 4.99 Å². The van der Waals surface area contributed by atoms with Crippen molar-refractivity contribution in [1.29, 1.82) is 0 Å². The first-order chi connectivity index (χ1) is 15.3. The molecule has 1 atom stereocenters. The third-order valence-corrected chi connectivity index (χ3v) is 5.80. The molecule has 9 heteroatoms. The van der Waals surface area contributed by atoms with E-state index in [1.54, 1.807) is 48.5 Å². The number of benzene rings is 2. The maximum Gasteiger partial charge on any atom is 0.308 e. The van der Waals surface area contributed by atoms with Crippen LogP contribution in [0.1, 0.15) is 37.6 Å². The van der Waals surface area contributed by atoms with E-state index < -0.39 is 11.2 Å². The quantitative estimate of drug-likeness (QED) is 0.388. The highest BCUT2D eigenvalue weighted by atomic mass is 32.2. The Balaban J connectivity index is 1.71. The van der Waals surface area contributed by atoms with E-state index in [-0.39, 0.29) is 29.8 Å². The van der Waals surface area contributed by atoms with Gasteiger partial charge in [-0.3, -0.25) is 24.1 Å². The van der Waals surface area contributed by atoms with E-state index in [0.717, 1.165) is 0 Å². The Bertz CT molecular complexity index is 1080. The van der Waals surface area contributed by atoms with Gasteiger partial charge in [-0.05, 0) is 50.2 Å². The number of amides is 2. The Morgan fingerprint density at radius 3 is 2.41 bits per heavy atom. The van der Waals surface area contributed by atoms with Gasteiger partial charge in [0.25, 0.3) is 0 Å². The van der Waals surface area contributed by atoms with Gasteiger partial charge in [0.05, 0.1) is 11.4 Å². The van der Waals surface area contributed by atoms with Crippen LogP contribution in [0.4, 0.5) is 11.4 Å². The van der Waals surface area contributed by atoms with Crippen LogP contribution in [-0.4, -0.2) is 45.4 Å². The SMILES string of the molecule is CCN1C(=O)C(CC(=O)Nc2ccccc2OC(C)=O)SC1=Nc1ccc(C(C)=O)cc1. The summed E-state index contributed by atoms with van der Waals surface area (Å²) in [5, 5.41) is 2.59. The first kappa shape index (κ1) is 23.2. The normalized spacial score (nSPS) is 16.8. The van der Waals surface area contributed by atoms with Gasteiger partial charge in [-0.1, -0.05) is 23.9 Å². The molecule has 1 unspecified atom stereocenters. The summed E-state index contributed by atoms with van der Waals surface area (Å²) in [5.41, 5.74) is 1.55. The molecule has 1 heterocycles. The van der Waals surface area contributed by atoms with Crippen molar-refractivity contribution < 1.29 is 23.9 Å². The number of anilines is 1. The second-order valence-electron chi connectivity index (χ2n) is 7.03. The molecular formula is C23H23N3O5S. The summed E-state index contributed by atoms with van der Waals surface area (Å²) in [5.74, 6) is -0.862. The number of carbonyl (C=O) groups is 4. The molecule has 0 aliphatic carbocycles. The number of Topliss-reactive ketones (excluding diaryl/α,β-unsaturated/α-hetero) is 1. The number of ketones is 1. The molecule has 1 saturated heterocycles. The molecule has 1 N–H and O–H groups in total. The number of ether oxygens (including phenoxy) is 1. The van der Waals surface area contributed by atoms with Crippen LogP contribution >= 0.6 is 11.8 Å². The van der Waals surface area contributed by atoms with Gasteiger partial charge in [0.2, 0.25) is 11.8 Å². The molecule has 0 bridgehead atoms. The highest BCUT2D eigenvalue weighted by Crippen LogP contribution is 2.32. The van der Waals surface area contributed by atoms with Crippen molar-refractivity contribution >= 4 is 51.9 Å². The van der Waals surface area contributed by atoms with Crippen LogP contribution in [0, 0.1) is 0 Å². The lowest BCUT2D eigenvalue weighted by atomic mass is 10.1. The maximum absolute atomic E-state index is 12.8. The fourth-order valence-electron chi connectivity index (χ4n) is 3.08. The number of para-hydroxylation sites is 2. The number of hydrogen-bond donors (Lipinski definition) is 1. The molecule has 32 heavy (non-hydrogen) atoms. The Morgan fingerprint density at radius 1 is 1.09 bits per heavy atom. The number of nitrogens with one attached hydrogen (secondary N) is 1. The van der Waals surface area contributed by atoms with Gasteiger partial charge in [0.15, 0.2) is 16.7 Å². The van der Waals surface area contributed by atoms with Gasteiger partial charge < -0.3 is 10.1 Å². The lowest BCUT2D eigenvalue weighted by Crippen LogP contribution is -2.33. The highest BCUT2D eigenvalue weighted by Gasteiger charge is 2.38. The topological polar surface area (TPSA) is 105 Å². The second-order valence-corrected chi connectivity index (χ2v) is 8.20. The maximum atomic E-state index is 12.8. The summed E-state index contributed by atoms with van der Waals surface area (Å²) < 4.78 is 5.10. The smallest absolute Gasteiger partial charge is 0.308 e. The van der Waals surface area contributed by atoms with Crippen LogP contribution in [0.3, 0.4) is 0 Å². The van der Waals surface area contributed by atoms with Crippen LogP contribution in [0.25, 0.3) is 0 Å². The first-order valence-corrected chi connectivity index (χ1v) is 10.9. The molecule has 166 valence electrons. The molecule has 8 nitrogen and oxygen atoms in total. The third kappa shape index (κ3) is 5.61. The number of hydrogen-bond acceptors (Lipinski definition) is 7. The molecule has 0 radical (unpaired) electrons. The van der Waals surface area contributed by atoms with Crippen molar-refractivity contribution in [2.24, 2.45) is 4.99 Å². The minimum absolute atomic E-state index is 0.0360. The third-order valence-electron chi connectivity index (χ3n) is 4.62. The molecule has 2 amide bonds. The minimum Gasteiger partial charge on any atom is -0.424 e. The molecule has 1 aliphatic heterocycles. The average molecular weight is 454 g/mol. The summed E-state index contributed by atoms with van der Waals surface area (Å²) in [6.07, 6.45) is -0.0588. The van der Waals surface area contributed by atoms with E-state index in [2.05, 4.69) is 10.3 Å². The van der Waals surface area contributed by atoms with Crippen LogP contribution in [-0.2, 0) is 14.4 Å². The predicted octanol–water partition coefficient (Wildman–Crippen LogP) is 3.79. The Morgan fingerprint density at radius 2 is 1.78 bits per heavy atom. The van der Waals surface area contributed by atoms with Gasteiger partial charge in [-0.15, -0.1) is 0 Å². The lowest BCUT2D eigenvalue weighted by molar-refractivity contribution is -0.132. The summed E-state index contributed by atoms with van der Waals surface area (Å²) >= 11 is 1.22. The molecular weight excluding hydrogens is 430 g/mol. The molecule has 1 aliphatic rings.